The number of hydrogen-bond acceptors (Lipinski definition) is 2. The Labute approximate surface area is 75.0 Å². The van der Waals surface area contributed by atoms with Crippen LogP contribution in [-0.2, 0) is 4.79 Å². The third kappa shape index (κ3) is 5.30. The van der Waals surface area contributed by atoms with E-state index < -0.39 is 0 Å². The summed E-state index contributed by atoms with van der Waals surface area (Å²) < 4.78 is 0. The van der Waals surface area contributed by atoms with Gasteiger partial charge in [-0.15, -0.1) is 0 Å². The van der Waals surface area contributed by atoms with Crippen LogP contribution in [0.4, 0.5) is 0 Å². The number of unbranched alkanes of at least 4 members (excludes halogenated alkanes) is 2. The van der Waals surface area contributed by atoms with Crippen molar-refractivity contribution in [3.63, 3.8) is 0 Å². The zero-order chi connectivity index (χ0) is 9.61. The molecular weight excluding hydrogens is 152 g/mol. The first-order valence-electron chi connectivity index (χ1n) is 4.62. The molecule has 0 unspecified atom stereocenters. The molecule has 0 fully saturated rings. The Hall–Kier alpha value is -0.370. The average Bonchev–Trinajstić information content (AvgIpc) is 1.96. The van der Waals surface area contributed by atoms with Crippen molar-refractivity contribution in [2.24, 2.45) is 5.41 Å². The largest absolute Gasteiger partial charge is 0.396 e. The van der Waals surface area contributed by atoms with Gasteiger partial charge in [-0.3, -0.25) is 4.79 Å². The van der Waals surface area contributed by atoms with Gasteiger partial charge in [0.05, 0.1) is 0 Å². The Morgan fingerprint density at radius 3 is 2.17 bits per heavy atom. The Morgan fingerprint density at radius 2 is 1.75 bits per heavy atom. The highest BCUT2D eigenvalue weighted by Gasteiger charge is 2.19. The molecule has 0 rings (SSSR count). The molecule has 12 heavy (non-hydrogen) atoms. The van der Waals surface area contributed by atoms with E-state index in [2.05, 4.69) is 0 Å². The lowest BCUT2D eigenvalue weighted by molar-refractivity contribution is -0.126. The van der Waals surface area contributed by atoms with E-state index >= 15 is 0 Å². The Bertz CT molecular complexity index is 133. The molecule has 0 aliphatic carbocycles. The summed E-state index contributed by atoms with van der Waals surface area (Å²) in [4.78, 5) is 11.4. The highest BCUT2D eigenvalue weighted by atomic mass is 16.2. The number of rotatable bonds is 5. The minimum atomic E-state index is -0.195. The third-order valence-corrected chi connectivity index (χ3v) is 1.90. The van der Waals surface area contributed by atoms with E-state index in [4.69, 9.17) is 5.11 Å². The van der Waals surface area contributed by atoms with E-state index in [9.17, 15) is 4.79 Å². The molecule has 2 heteroatoms. The highest BCUT2D eigenvalue weighted by Crippen LogP contribution is 2.18. The summed E-state index contributed by atoms with van der Waals surface area (Å²) in [5, 5.41) is 8.51. The van der Waals surface area contributed by atoms with E-state index in [1.807, 2.05) is 20.8 Å². The number of carbonyl (C=O) groups is 1. The maximum atomic E-state index is 11.4. The van der Waals surface area contributed by atoms with E-state index in [-0.39, 0.29) is 12.0 Å². The van der Waals surface area contributed by atoms with Crippen molar-refractivity contribution in [3.05, 3.63) is 0 Å². The molecule has 1 N–H and O–H groups in total. The van der Waals surface area contributed by atoms with Crippen LogP contribution < -0.4 is 0 Å². The van der Waals surface area contributed by atoms with E-state index in [0.717, 1.165) is 19.3 Å². The van der Waals surface area contributed by atoms with Crippen LogP contribution in [0.1, 0.15) is 46.5 Å². The number of ketones is 1. The van der Waals surface area contributed by atoms with E-state index in [1.165, 1.54) is 0 Å². The van der Waals surface area contributed by atoms with Crippen LogP contribution >= 0.6 is 0 Å². The standard InChI is InChI=1S/C10H20O2/c1-10(2,3)9(12)7-5-4-6-8-11/h11H,4-8H2,1-3H3. The summed E-state index contributed by atoms with van der Waals surface area (Å²) in [6, 6.07) is 0. The van der Waals surface area contributed by atoms with Gasteiger partial charge in [0.2, 0.25) is 0 Å². The number of hydrogen-bond donors (Lipinski definition) is 1. The maximum Gasteiger partial charge on any atom is 0.138 e. The van der Waals surface area contributed by atoms with E-state index in [1.54, 1.807) is 0 Å². The second-order valence-electron chi connectivity index (χ2n) is 4.21. The van der Waals surface area contributed by atoms with Crippen LogP contribution in [0.5, 0.6) is 0 Å². The smallest absolute Gasteiger partial charge is 0.138 e. The summed E-state index contributed by atoms with van der Waals surface area (Å²) in [7, 11) is 0. The van der Waals surface area contributed by atoms with Gasteiger partial charge in [0.15, 0.2) is 0 Å². The summed E-state index contributed by atoms with van der Waals surface area (Å²) >= 11 is 0. The molecule has 0 spiro atoms. The SMILES string of the molecule is CC(C)(C)C(=O)CCCCCO. The van der Waals surface area contributed by atoms with Gasteiger partial charge >= 0.3 is 0 Å². The molecule has 0 amide bonds. The Morgan fingerprint density at radius 1 is 1.17 bits per heavy atom. The third-order valence-electron chi connectivity index (χ3n) is 1.90. The van der Waals surface area contributed by atoms with Gasteiger partial charge in [-0.2, -0.15) is 0 Å². The number of aliphatic hydroxyl groups excluding tert-OH is 1. The van der Waals surface area contributed by atoms with Gasteiger partial charge in [-0.05, 0) is 12.8 Å². The van der Waals surface area contributed by atoms with Gasteiger partial charge in [0.1, 0.15) is 5.78 Å². The van der Waals surface area contributed by atoms with Crippen LogP contribution in [0.2, 0.25) is 0 Å². The lowest BCUT2D eigenvalue weighted by Gasteiger charge is -2.15. The summed E-state index contributed by atoms with van der Waals surface area (Å²) in [5.41, 5.74) is -0.195. The molecule has 2 nitrogen and oxygen atoms in total. The summed E-state index contributed by atoms with van der Waals surface area (Å²) in [6.45, 7) is 6.08. The average molecular weight is 172 g/mol. The molecule has 72 valence electrons. The monoisotopic (exact) mass is 172 g/mol. The Balaban J connectivity index is 3.45. The van der Waals surface area contributed by atoms with Crippen molar-refractivity contribution >= 4 is 5.78 Å². The van der Waals surface area contributed by atoms with E-state index in [0.29, 0.717) is 12.2 Å². The fraction of sp³-hybridized carbons (Fsp3) is 0.900. The van der Waals surface area contributed by atoms with Crippen molar-refractivity contribution in [2.45, 2.75) is 46.5 Å². The maximum absolute atomic E-state index is 11.4. The van der Waals surface area contributed by atoms with Crippen molar-refractivity contribution in [1.82, 2.24) is 0 Å². The molecular formula is C10H20O2. The number of carbonyl (C=O) groups excluding carboxylic acids is 1. The van der Waals surface area contributed by atoms with Crippen LogP contribution in [0.15, 0.2) is 0 Å². The first kappa shape index (κ1) is 11.6. The molecule has 0 aliphatic heterocycles. The van der Waals surface area contributed by atoms with Crippen molar-refractivity contribution in [1.29, 1.82) is 0 Å². The van der Waals surface area contributed by atoms with Crippen LogP contribution in [0.25, 0.3) is 0 Å². The topological polar surface area (TPSA) is 37.3 Å². The molecule has 0 aromatic carbocycles. The number of aliphatic hydroxyl groups is 1. The molecule has 0 radical (unpaired) electrons. The fourth-order valence-corrected chi connectivity index (χ4v) is 0.949. The van der Waals surface area contributed by atoms with Crippen molar-refractivity contribution < 1.29 is 9.90 Å². The first-order valence-corrected chi connectivity index (χ1v) is 4.62. The predicted molar refractivity (Wildman–Crippen MR) is 50.0 cm³/mol. The fourth-order valence-electron chi connectivity index (χ4n) is 0.949. The normalized spacial score (nSPS) is 11.7. The van der Waals surface area contributed by atoms with Gasteiger partial charge in [-0.25, -0.2) is 0 Å². The van der Waals surface area contributed by atoms with Crippen molar-refractivity contribution in [2.75, 3.05) is 6.61 Å². The van der Waals surface area contributed by atoms with Crippen molar-refractivity contribution in [3.8, 4) is 0 Å². The van der Waals surface area contributed by atoms with Crippen LogP contribution in [-0.4, -0.2) is 17.5 Å². The summed E-state index contributed by atoms with van der Waals surface area (Å²) in [6.07, 6.45) is 3.34. The lowest BCUT2D eigenvalue weighted by Crippen LogP contribution is -2.19. The molecule has 0 heterocycles. The molecule has 0 bridgehead atoms. The first-order chi connectivity index (χ1) is 5.48. The van der Waals surface area contributed by atoms with Crippen LogP contribution in [0, 0.1) is 5.41 Å². The second kappa shape index (κ2) is 5.31. The molecule has 0 saturated heterocycles. The second-order valence-corrected chi connectivity index (χ2v) is 4.21. The molecule has 0 aliphatic rings. The van der Waals surface area contributed by atoms with Gasteiger partial charge in [0, 0.05) is 18.4 Å². The van der Waals surface area contributed by atoms with Gasteiger partial charge in [-0.1, -0.05) is 27.2 Å². The minimum Gasteiger partial charge on any atom is -0.396 e. The molecule has 0 aromatic rings. The highest BCUT2D eigenvalue weighted by molar-refractivity contribution is 5.83. The predicted octanol–water partition coefficient (Wildman–Crippen LogP) is 2.15. The zero-order valence-corrected chi connectivity index (χ0v) is 8.39. The minimum absolute atomic E-state index is 0.195. The lowest BCUT2D eigenvalue weighted by atomic mass is 9.88. The quantitative estimate of drug-likeness (QED) is 0.645. The molecule has 0 aromatic heterocycles. The molecule has 0 saturated carbocycles. The Kier molecular flexibility index (Phi) is 5.14. The van der Waals surface area contributed by atoms with Crippen LogP contribution in [0.3, 0.4) is 0 Å². The zero-order valence-electron chi connectivity index (χ0n) is 8.39. The van der Waals surface area contributed by atoms with Gasteiger partial charge < -0.3 is 5.11 Å². The van der Waals surface area contributed by atoms with Gasteiger partial charge in [0.25, 0.3) is 0 Å². The molecule has 0 atom stereocenters. The number of Topliss-reactive ketones (excluding diaryl/α,β-unsaturated/α-hetero) is 1. The summed E-state index contributed by atoms with van der Waals surface area (Å²) in [5.74, 6) is 0.320.